The van der Waals surface area contributed by atoms with Crippen molar-refractivity contribution in [3.05, 3.63) is 35.4 Å². The first-order chi connectivity index (χ1) is 9.06. The topological polar surface area (TPSA) is 40.5 Å². The van der Waals surface area contributed by atoms with Crippen LogP contribution in [0.1, 0.15) is 30.4 Å². The van der Waals surface area contributed by atoms with E-state index >= 15 is 0 Å². The van der Waals surface area contributed by atoms with Crippen LogP contribution in [0.25, 0.3) is 0 Å². The fourth-order valence-corrected chi connectivity index (χ4v) is 2.36. The zero-order chi connectivity index (χ0) is 13.8. The molecule has 5 heteroatoms. The van der Waals surface area contributed by atoms with Crippen molar-refractivity contribution in [2.24, 2.45) is 5.92 Å². The first kappa shape index (κ1) is 13.9. The van der Waals surface area contributed by atoms with E-state index in [2.05, 4.69) is 4.90 Å². The van der Waals surface area contributed by atoms with Crippen LogP contribution in [0.15, 0.2) is 24.3 Å². The van der Waals surface area contributed by atoms with Crippen molar-refractivity contribution < 1.29 is 18.7 Å². The smallest absolute Gasteiger partial charge is 0.306 e. The zero-order valence-corrected chi connectivity index (χ0v) is 10.6. The molecule has 0 atom stereocenters. The second-order valence-corrected chi connectivity index (χ2v) is 4.93. The number of rotatable bonds is 4. The minimum absolute atomic E-state index is 0.0355. The van der Waals surface area contributed by atoms with E-state index in [0.717, 1.165) is 18.7 Å². The molecule has 0 unspecified atom stereocenters. The molecule has 0 aliphatic carbocycles. The van der Waals surface area contributed by atoms with E-state index in [-0.39, 0.29) is 11.5 Å². The molecule has 104 valence electrons. The zero-order valence-electron chi connectivity index (χ0n) is 10.6. The maximum Gasteiger partial charge on any atom is 0.306 e. The van der Waals surface area contributed by atoms with Gasteiger partial charge < -0.3 is 5.11 Å². The van der Waals surface area contributed by atoms with Gasteiger partial charge in [0.25, 0.3) is 6.43 Å². The SMILES string of the molecule is O=C(O)C1CCN(Cc2ccc(C(F)F)cc2)CC1. The molecule has 0 amide bonds. The van der Waals surface area contributed by atoms with Crippen LogP contribution >= 0.6 is 0 Å². The third-order valence-electron chi connectivity index (χ3n) is 3.57. The van der Waals surface area contributed by atoms with Crippen LogP contribution in [0.4, 0.5) is 8.78 Å². The van der Waals surface area contributed by atoms with Gasteiger partial charge in [-0.25, -0.2) is 8.78 Å². The molecule has 0 saturated carbocycles. The monoisotopic (exact) mass is 269 g/mol. The van der Waals surface area contributed by atoms with Gasteiger partial charge in [0.1, 0.15) is 0 Å². The normalized spacial score (nSPS) is 17.8. The maximum absolute atomic E-state index is 12.4. The number of hydrogen-bond acceptors (Lipinski definition) is 2. The number of carbonyl (C=O) groups is 1. The summed E-state index contributed by atoms with van der Waals surface area (Å²) in [6, 6.07) is 6.32. The fourth-order valence-electron chi connectivity index (χ4n) is 2.36. The Morgan fingerprint density at radius 1 is 1.26 bits per heavy atom. The average Bonchev–Trinajstić information content (AvgIpc) is 2.40. The van der Waals surface area contributed by atoms with Crippen molar-refractivity contribution in [2.45, 2.75) is 25.8 Å². The molecule has 0 bridgehead atoms. The van der Waals surface area contributed by atoms with Crippen LogP contribution in [0.3, 0.4) is 0 Å². The summed E-state index contributed by atoms with van der Waals surface area (Å²) < 4.78 is 24.8. The molecule has 1 N–H and O–H groups in total. The molecule has 1 heterocycles. The van der Waals surface area contributed by atoms with Crippen molar-refractivity contribution in [3.63, 3.8) is 0 Å². The van der Waals surface area contributed by atoms with Crippen LogP contribution in [0.2, 0.25) is 0 Å². The Labute approximate surface area is 110 Å². The Hall–Kier alpha value is -1.49. The van der Waals surface area contributed by atoms with Gasteiger partial charge >= 0.3 is 5.97 Å². The number of carboxylic acids is 1. The quantitative estimate of drug-likeness (QED) is 0.913. The van der Waals surface area contributed by atoms with Crippen molar-refractivity contribution in [2.75, 3.05) is 13.1 Å². The van der Waals surface area contributed by atoms with Gasteiger partial charge in [0.05, 0.1) is 5.92 Å². The van der Waals surface area contributed by atoms with E-state index < -0.39 is 12.4 Å². The van der Waals surface area contributed by atoms with Crippen molar-refractivity contribution in [3.8, 4) is 0 Å². The first-order valence-electron chi connectivity index (χ1n) is 6.38. The van der Waals surface area contributed by atoms with E-state index in [1.54, 1.807) is 12.1 Å². The highest BCUT2D eigenvalue weighted by Gasteiger charge is 2.24. The number of piperidine rings is 1. The standard InChI is InChI=1S/C14H17F2NO2/c15-13(16)11-3-1-10(2-4-11)9-17-7-5-12(6-8-17)14(18)19/h1-4,12-13H,5-9H2,(H,18,19). The number of carboxylic acid groups (broad SMARTS) is 1. The van der Waals surface area contributed by atoms with E-state index in [1.807, 2.05) is 0 Å². The molecular weight excluding hydrogens is 252 g/mol. The summed E-state index contributed by atoms with van der Waals surface area (Å²) in [6.45, 7) is 2.18. The number of hydrogen-bond donors (Lipinski definition) is 1. The Morgan fingerprint density at radius 2 is 1.84 bits per heavy atom. The molecule has 3 nitrogen and oxygen atoms in total. The molecular formula is C14H17F2NO2. The number of nitrogens with zero attached hydrogens (tertiary/aromatic N) is 1. The fraction of sp³-hybridized carbons (Fsp3) is 0.500. The van der Waals surface area contributed by atoms with E-state index in [4.69, 9.17) is 5.11 Å². The van der Waals surface area contributed by atoms with Crippen LogP contribution in [-0.4, -0.2) is 29.1 Å². The summed E-state index contributed by atoms with van der Waals surface area (Å²) in [5, 5.41) is 8.91. The summed E-state index contributed by atoms with van der Waals surface area (Å²) in [5.41, 5.74) is 1.02. The van der Waals surface area contributed by atoms with Gasteiger partial charge in [0.15, 0.2) is 0 Å². The molecule has 1 aliphatic heterocycles. The third-order valence-corrected chi connectivity index (χ3v) is 3.57. The molecule has 0 radical (unpaired) electrons. The van der Waals surface area contributed by atoms with Crippen LogP contribution < -0.4 is 0 Å². The Kier molecular flexibility index (Phi) is 4.47. The van der Waals surface area contributed by atoms with Crippen LogP contribution in [0.5, 0.6) is 0 Å². The van der Waals surface area contributed by atoms with Gasteiger partial charge in [-0.2, -0.15) is 0 Å². The summed E-state index contributed by atoms with van der Waals surface area (Å²) in [5.74, 6) is -0.960. The molecule has 1 aliphatic rings. The second kappa shape index (κ2) is 6.10. The van der Waals surface area contributed by atoms with Crippen LogP contribution in [-0.2, 0) is 11.3 Å². The highest BCUT2D eigenvalue weighted by molar-refractivity contribution is 5.70. The van der Waals surface area contributed by atoms with Crippen molar-refractivity contribution in [1.29, 1.82) is 0 Å². The minimum Gasteiger partial charge on any atom is -0.481 e. The Morgan fingerprint density at radius 3 is 2.32 bits per heavy atom. The summed E-state index contributed by atoms with van der Waals surface area (Å²) in [4.78, 5) is 13.0. The van der Waals surface area contributed by atoms with Crippen molar-refractivity contribution in [1.82, 2.24) is 4.90 Å². The molecule has 1 fully saturated rings. The highest BCUT2D eigenvalue weighted by atomic mass is 19.3. The van der Waals surface area contributed by atoms with Gasteiger partial charge in [-0.1, -0.05) is 24.3 Å². The molecule has 0 spiro atoms. The average molecular weight is 269 g/mol. The van der Waals surface area contributed by atoms with Crippen LogP contribution in [0, 0.1) is 5.92 Å². The predicted octanol–water partition coefficient (Wildman–Crippen LogP) is 2.92. The lowest BCUT2D eigenvalue weighted by atomic mass is 9.97. The second-order valence-electron chi connectivity index (χ2n) is 4.93. The third kappa shape index (κ3) is 3.73. The summed E-state index contributed by atoms with van der Waals surface area (Å²) >= 11 is 0. The highest BCUT2D eigenvalue weighted by Crippen LogP contribution is 2.21. The van der Waals surface area contributed by atoms with Gasteiger partial charge in [-0.05, 0) is 31.5 Å². The van der Waals surface area contributed by atoms with Crippen molar-refractivity contribution >= 4 is 5.97 Å². The molecule has 0 aromatic heterocycles. The molecule has 1 saturated heterocycles. The van der Waals surface area contributed by atoms with Gasteiger partial charge in [-0.3, -0.25) is 9.69 Å². The largest absolute Gasteiger partial charge is 0.481 e. The minimum atomic E-state index is -2.43. The Bertz CT molecular complexity index is 426. The lowest BCUT2D eigenvalue weighted by Gasteiger charge is -2.30. The first-order valence-corrected chi connectivity index (χ1v) is 6.38. The predicted molar refractivity (Wildman–Crippen MR) is 67.0 cm³/mol. The lowest BCUT2D eigenvalue weighted by Crippen LogP contribution is -2.35. The summed E-state index contributed by atoms with van der Waals surface area (Å²) in [7, 11) is 0. The lowest BCUT2D eigenvalue weighted by molar-refractivity contribution is -0.143. The number of likely N-dealkylation sites (tertiary alicyclic amines) is 1. The summed E-state index contributed by atoms with van der Waals surface area (Å²) in [6.07, 6.45) is -1.12. The number of halogens is 2. The van der Waals surface area contributed by atoms with Gasteiger partial charge in [-0.15, -0.1) is 0 Å². The Balaban J connectivity index is 1.87. The van der Waals surface area contributed by atoms with E-state index in [1.165, 1.54) is 12.1 Å². The number of aliphatic carboxylic acids is 1. The van der Waals surface area contributed by atoms with Gasteiger partial charge in [0, 0.05) is 12.1 Å². The molecule has 2 rings (SSSR count). The molecule has 1 aromatic rings. The number of alkyl halides is 2. The van der Waals surface area contributed by atoms with E-state index in [0.29, 0.717) is 19.4 Å². The number of benzene rings is 1. The molecule has 19 heavy (non-hydrogen) atoms. The van der Waals surface area contributed by atoms with Gasteiger partial charge in [0.2, 0.25) is 0 Å². The maximum atomic E-state index is 12.4. The molecule has 1 aromatic carbocycles. The van der Waals surface area contributed by atoms with E-state index in [9.17, 15) is 13.6 Å².